The van der Waals surface area contributed by atoms with Gasteiger partial charge in [0.15, 0.2) is 0 Å². The molecule has 1 heterocycles. The topological polar surface area (TPSA) is 94.2 Å². The predicted octanol–water partition coefficient (Wildman–Crippen LogP) is 2.51. The highest BCUT2D eigenvalue weighted by atomic mass is 32.2. The number of sulfonamides is 1. The van der Waals surface area contributed by atoms with Crippen molar-refractivity contribution >= 4 is 21.6 Å². The van der Waals surface area contributed by atoms with Crippen LogP contribution in [0, 0.1) is 0 Å². The molecule has 1 aromatic rings. The lowest BCUT2D eigenvalue weighted by Crippen LogP contribution is -2.29. The number of para-hydroxylation sites is 1. The van der Waals surface area contributed by atoms with Gasteiger partial charge in [0.1, 0.15) is 0 Å². The van der Waals surface area contributed by atoms with Gasteiger partial charge in [0.05, 0.1) is 50.0 Å². The van der Waals surface area contributed by atoms with Crippen LogP contribution >= 0.6 is 0 Å². The normalized spacial score (nSPS) is 14.2. The molecule has 8 nitrogen and oxygen atoms in total. The second-order valence-corrected chi connectivity index (χ2v) is 9.00. The van der Waals surface area contributed by atoms with Gasteiger partial charge in [-0.2, -0.15) is 0 Å². The van der Waals surface area contributed by atoms with E-state index in [9.17, 15) is 13.2 Å². The Bertz CT molecular complexity index is 735. The van der Waals surface area contributed by atoms with Crippen molar-refractivity contribution in [1.29, 1.82) is 0 Å². The number of unbranched alkanes of at least 4 members (excludes halogenated alkanes) is 1. The molecule has 0 unspecified atom stereocenters. The lowest BCUT2D eigenvalue weighted by atomic mass is 10.1. The number of benzene rings is 1. The second kappa shape index (κ2) is 13.6. The summed E-state index contributed by atoms with van der Waals surface area (Å²) in [5.74, 6) is -0.336. The van der Waals surface area contributed by atoms with Crippen molar-refractivity contribution in [2.24, 2.45) is 0 Å². The number of likely N-dealkylation sites (tertiary alicyclic amines) is 1. The molecule has 0 spiro atoms. The average Bonchev–Trinajstić information content (AvgIpc) is 3.26. The fourth-order valence-electron chi connectivity index (χ4n) is 3.02. The van der Waals surface area contributed by atoms with E-state index in [0.29, 0.717) is 50.8 Å². The van der Waals surface area contributed by atoms with E-state index < -0.39 is 10.0 Å². The number of nitrogens with one attached hydrogen (secondary N) is 1. The third-order valence-electron chi connectivity index (χ3n) is 4.70. The van der Waals surface area contributed by atoms with E-state index in [4.69, 9.17) is 14.2 Å². The number of amides is 1. The molecule has 1 aromatic carbocycles. The molecule has 1 N–H and O–H groups in total. The van der Waals surface area contributed by atoms with E-state index >= 15 is 0 Å². The molecule has 0 saturated carbocycles. The van der Waals surface area contributed by atoms with E-state index in [0.717, 1.165) is 32.3 Å². The molecule has 1 fully saturated rings. The molecule has 0 aliphatic carbocycles. The third kappa shape index (κ3) is 8.99. The summed E-state index contributed by atoms with van der Waals surface area (Å²) in [6.07, 6.45) is 4.11. The van der Waals surface area contributed by atoms with Crippen LogP contribution in [0.4, 0.5) is 5.69 Å². The fraction of sp³-hybridized carbons (Fsp3) is 0.667. The van der Waals surface area contributed by atoms with Gasteiger partial charge in [-0.05, 0) is 31.4 Å². The molecule has 9 heteroatoms. The van der Waals surface area contributed by atoms with Gasteiger partial charge in [0, 0.05) is 19.7 Å². The summed E-state index contributed by atoms with van der Waals surface area (Å²) >= 11 is 0. The molecule has 0 atom stereocenters. The summed E-state index contributed by atoms with van der Waals surface area (Å²) in [7, 11) is -3.63. The number of nitrogens with zero attached hydrogens (tertiary/aromatic N) is 1. The smallest absolute Gasteiger partial charge is 0.255 e. The maximum atomic E-state index is 12.7. The van der Waals surface area contributed by atoms with Crippen molar-refractivity contribution in [3.05, 3.63) is 29.8 Å². The van der Waals surface area contributed by atoms with Crippen LogP contribution in [0.1, 0.15) is 43.0 Å². The number of hydrogen-bond acceptors (Lipinski definition) is 6. The zero-order chi connectivity index (χ0) is 21.7. The lowest BCUT2D eigenvalue weighted by Gasteiger charge is -2.18. The van der Waals surface area contributed by atoms with Crippen LogP contribution in [0.2, 0.25) is 0 Å². The minimum absolute atomic E-state index is 0.0495. The number of rotatable bonds is 15. The van der Waals surface area contributed by atoms with Crippen molar-refractivity contribution in [2.45, 2.75) is 32.6 Å². The van der Waals surface area contributed by atoms with Gasteiger partial charge in [-0.25, -0.2) is 8.42 Å². The first kappa shape index (κ1) is 24.6. The summed E-state index contributed by atoms with van der Waals surface area (Å²) in [6, 6.07) is 6.70. The van der Waals surface area contributed by atoms with Crippen molar-refractivity contribution in [3.8, 4) is 0 Å². The zero-order valence-corrected chi connectivity index (χ0v) is 18.6. The van der Waals surface area contributed by atoms with Crippen LogP contribution in [0.3, 0.4) is 0 Å². The van der Waals surface area contributed by atoms with Gasteiger partial charge in [-0.15, -0.1) is 0 Å². The first-order valence-corrected chi connectivity index (χ1v) is 12.3. The number of carbonyl (C=O) groups is 1. The van der Waals surface area contributed by atoms with Crippen molar-refractivity contribution in [2.75, 3.05) is 63.2 Å². The van der Waals surface area contributed by atoms with Crippen LogP contribution < -0.4 is 4.72 Å². The number of anilines is 1. The van der Waals surface area contributed by atoms with Crippen LogP contribution in [0.5, 0.6) is 0 Å². The predicted molar refractivity (Wildman–Crippen MR) is 116 cm³/mol. The average molecular weight is 443 g/mol. The molecule has 1 amide bonds. The molecule has 2 rings (SSSR count). The Morgan fingerprint density at radius 3 is 2.23 bits per heavy atom. The van der Waals surface area contributed by atoms with Gasteiger partial charge < -0.3 is 19.1 Å². The second-order valence-electron chi connectivity index (χ2n) is 7.16. The van der Waals surface area contributed by atoms with Crippen LogP contribution in [-0.2, 0) is 24.2 Å². The van der Waals surface area contributed by atoms with Gasteiger partial charge in [-0.1, -0.05) is 25.5 Å². The molecular weight excluding hydrogens is 408 g/mol. The summed E-state index contributed by atoms with van der Waals surface area (Å²) in [6.45, 7) is 6.07. The first-order chi connectivity index (χ1) is 14.5. The number of carbonyl (C=O) groups excluding carboxylic acids is 1. The first-order valence-electron chi connectivity index (χ1n) is 10.7. The van der Waals surface area contributed by atoms with E-state index in [2.05, 4.69) is 11.6 Å². The summed E-state index contributed by atoms with van der Waals surface area (Å²) in [5.41, 5.74) is 0.680. The molecule has 170 valence electrons. The van der Waals surface area contributed by atoms with Gasteiger partial charge in [0.2, 0.25) is 10.0 Å². The van der Waals surface area contributed by atoms with Crippen LogP contribution in [0.15, 0.2) is 24.3 Å². The van der Waals surface area contributed by atoms with Crippen molar-refractivity contribution in [3.63, 3.8) is 0 Å². The van der Waals surface area contributed by atoms with E-state index in [1.165, 1.54) is 0 Å². The molecule has 0 radical (unpaired) electrons. The van der Waals surface area contributed by atoms with Crippen LogP contribution in [-0.4, -0.2) is 77.7 Å². The molecule has 30 heavy (non-hydrogen) atoms. The van der Waals surface area contributed by atoms with Gasteiger partial charge in [0.25, 0.3) is 5.91 Å². The van der Waals surface area contributed by atoms with Crippen LogP contribution in [0.25, 0.3) is 0 Å². The highest BCUT2D eigenvalue weighted by molar-refractivity contribution is 7.92. The lowest BCUT2D eigenvalue weighted by molar-refractivity contribution is 0.0168. The van der Waals surface area contributed by atoms with E-state index in [1.54, 1.807) is 29.2 Å². The highest BCUT2D eigenvalue weighted by Crippen LogP contribution is 2.21. The number of ether oxygens (including phenoxy) is 3. The Balaban J connectivity index is 1.68. The Hall–Kier alpha value is -1.68. The summed E-state index contributed by atoms with van der Waals surface area (Å²) < 4.78 is 43.4. The quantitative estimate of drug-likeness (QED) is 0.420. The minimum Gasteiger partial charge on any atom is -0.379 e. The zero-order valence-electron chi connectivity index (χ0n) is 17.8. The largest absolute Gasteiger partial charge is 0.379 e. The third-order valence-corrected chi connectivity index (χ3v) is 5.93. The standard InChI is InChI=1S/C21H34N2O6S/c1-2-3-12-27-13-14-28-15-16-29-17-18-30(25,26)22-20-9-5-4-8-19(20)21(24)23-10-6-7-11-23/h4-5,8-9,22H,2-3,6-7,10-18H2,1H3. The SMILES string of the molecule is CCCCOCCOCCOCCS(=O)(=O)Nc1ccccc1C(=O)N1CCCC1. The Kier molecular flexibility index (Phi) is 11.1. The van der Waals surface area contributed by atoms with E-state index in [1.807, 2.05) is 0 Å². The maximum Gasteiger partial charge on any atom is 0.255 e. The van der Waals surface area contributed by atoms with E-state index in [-0.39, 0.29) is 18.3 Å². The highest BCUT2D eigenvalue weighted by Gasteiger charge is 2.23. The molecule has 0 bridgehead atoms. The molecule has 0 aromatic heterocycles. The van der Waals surface area contributed by atoms with Crippen molar-refractivity contribution in [1.82, 2.24) is 4.90 Å². The minimum atomic E-state index is -3.63. The Morgan fingerprint density at radius 1 is 0.967 bits per heavy atom. The van der Waals surface area contributed by atoms with Gasteiger partial charge >= 0.3 is 0 Å². The summed E-state index contributed by atoms with van der Waals surface area (Å²) in [4.78, 5) is 14.4. The number of hydrogen-bond donors (Lipinski definition) is 1. The monoisotopic (exact) mass is 442 g/mol. The molecule has 1 saturated heterocycles. The maximum absolute atomic E-state index is 12.7. The molecular formula is C21H34N2O6S. The molecule has 1 aliphatic heterocycles. The summed E-state index contributed by atoms with van der Waals surface area (Å²) in [5, 5.41) is 0. The Labute approximate surface area is 179 Å². The fourth-order valence-corrected chi connectivity index (χ4v) is 3.98. The van der Waals surface area contributed by atoms with Crippen molar-refractivity contribution < 1.29 is 27.4 Å². The van der Waals surface area contributed by atoms with Gasteiger partial charge in [-0.3, -0.25) is 9.52 Å². The molecule has 1 aliphatic rings. The Morgan fingerprint density at radius 2 is 1.57 bits per heavy atom.